The van der Waals surface area contributed by atoms with Crippen LogP contribution in [0.4, 0.5) is 0 Å². The molecule has 1 aromatic carbocycles. The lowest BCUT2D eigenvalue weighted by Gasteiger charge is -2.15. The van der Waals surface area contributed by atoms with E-state index >= 15 is 0 Å². The van der Waals surface area contributed by atoms with E-state index in [1.165, 1.54) is 7.11 Å². The van der Waals surface area contributed by atoms with Gasteiger partial charge in [-0.25, -0.2) is 4.79 Å². The number of rotatable bonds is 11. The van der Waals surface area contributed by atoms with E-state index in [0.717, 1.165) is 24.7 Å². The fourth-order valence-electron chi connectivity index (χ4n) is 1.99. The number of hydrogen-bond acceptors (Lipinski definition) is 6. The van der Waals surface area contributed by atoms with Crippen molar-refractivity contribution in [3.8, 4) is 0 Å². The van der Waals surface area contributed by atoms with Crippen molar-refractivity contribution in [1.29, 1.82) is 0 Å². The third-order valence-corrected chi connectivity index (χ3v) is 3.73. The Balaban J connectivity index is 2.28. The maximum atomic E-state index is 11.8. The minimum Gasteiger partial charge on any atom is -0.467 e. The van der Waals surface area contributed by atoms with Crippen LogP contribution in [0.2, 0.25) is 0 Å². The summed E-state index contributed by atoms with van der Waals surface area (Å²) in [7, 11) is -2.03. The van der Waals surface area contributed by atoms with Crippen molar-refractivity contribution in [1.82, 2.24) is 0 Å². The fourth-order valence-corrected chi connectivity index (χ4v) is 2.41. The maximum Gasteiger partial charge on any atom is 0.335 e. The summed E-state index contributed by atoms with van der Waals surface area (Å²) >= 11 is 0. The number of benzene rings is 1. The van der Waals surface area contributed by atoms with Gasteiger partial charge in [0.15, 0.2) is 6.10 Å². The highest BCUT2D eigenvalue weighted by Crippen LogP contribution is 2.09. The summed E-state index contributed by atoms with van der Waals surface area (Å²) in [5, 5.41) is 0. The molecule has 0 N–H and O–H groups in total. The van der Waals surface area contributed by atoms with Crippen LogP contribution in [0.25, 0.3) is 0 Å². The zero-order chi connectivity index (χ0) is 17.1. The first-order valence-electron chi connectivity index (χ1n) is 7.50. The topological polar surface area (TPSA) is 78.9 Å². The van der Waals surface area contributed by atoms with Crippen molar-refractivity contribution in [3.63, 3.8) is 0 Å². The standard InChI is InChI=1S/C16H24O6S/c1-20-16(17)15(13-14-9-5-3-6-10-14)21-11-7-4-8-12-22-23(2,18)19/h3,5-6,9-10,15H,4,7-8,11-13H2,1-2H3. The molecule has 0 aliphatic rings. The molecule has 0 amide bonds. The molecule has 23 heavy (non-hydrogen) atoms. The molecule has 0 fully saturated rings. The van der Waals surface area contributed by atoms with E-state index in [9.17, 15) is 13.2 Å². The summed E-state index contributed by atoms with van der Waals surface area (Å²) in [6, 6.07) is 9.59. The first kappa shape index (κ1) is 19.6. The highest BCUT2D eigenvalue weighted by molar-refractivity contribution is 7.85. The molecule has 0 radical (unpaired) electrons. The lowest BCUT2D eigenvalue weighted by atomic mass is 10.1. The minimum atomic E-state index is -3.37. The summed E-state index contributed by atoms with van der Waals surface area (Å²) in [6.07, 6.45) is 2.96. The van der Waals surface area contributed by atoms with Gasteiger partial charge in [0.1, 0.15) is 0 Å². The Hall–Kier alpha value is -1.44. The number of unbranched alkanes of at least 4 members (excludes halogenated alkanes) is 2. The highest BCUT2D eigenvalue weighted by Gasteiger charge is 2.20. The zero-order valence-corrected chi connectivity index (χ0v) is 14.4. The van der Waals surface area contributed by atoms with E-state index in [1.807, 2.05) is 30.3 Å². The van der Waals surface area contributed by atoms with E-state index in [4.69, 9.17) is 9.47 Å². The van der Waals surface area contributed by atoms with Crippen LogP contribution in [0.3, 0.4) is 0 Å². The van der Waals surface area contributed by atoms with Gasteiger partial charge in [0, 0.05) is 13.0 Å². The average molecular weight is 344 g/mol. The van der Waals surface area contributed by atoms with Crippen LogP contribution in [0.1, 0.15) is 24.8 Å². The summed E-state index contributed by atoms with van der Waals surface area (Å²) in [5.74, 6) is -0.394. The maximum absolute atomic E-state index is 11.8. The average Bonchev–Trinajstić information content (AvgIpc) is 2.52. The monoisotopic (exact) mass is 344 g/mol. The van der Waals surface area contributed by atoms with Gasteiger partial charge in [-0.15, -0.1) is 0 Å². The van der Waals surface area contributed by atoms with E-state index in [2.05, 4.69) is 4.18 Å². The summed E-state index contributed by atoms with van der Waals surface area (Å²) in [6.45, 7) is 0.578. The first-order chi connectivity index (χ1) is 10.9. The second-order valence-corrected chi connectivity index (χ2v) is 6.80. The quantitative estimate of drug-likeness (QED) is 0.347. The van der Waals surface area contributed by atoms with Crippen molar-refractivity contribution in [2.24, 2.45) is 0 Å². The summed E-state index contributed by atoms with van der Waals surface area (Å²) in [4.78, 5) is 11.8. The van der Waals surface area contributed by atoms with Gasteiger partial charge in [-0.3, -0.25) is 4.18 Å². The Kier molecular flexibility index (Phi) is 8.83. The third-order valence-electron chi connectivity index (χ3n) is 3.13. The minimum absolute atomic E-state index is 0.170. The van der Waals surface area contributed by atoms with Gasteiger partial charge in [-0.2, -0.15) is 8.42 Å². The molecular weight excluding hydrogens is 320 g/mol. The number of hydrogen-bond donors (Lipinski definition) is 0. The Morgan fingerprint density at radius 3 is 2.35 bits per heavy atom. The van der Waals surface area contributed by atoms with Crippen molar-refractivity contribution in [2.45, 2.75) is 31.8 Å². The second-order valence-electron chi connectivity index (χ2n) is 5.16. The van der Waals surface area contributed by atoms with E-state index < -0.39 is 22.2 Å². The highest BCUT2D eigenvalue weighted by atomic mass is 32.2. The van der Waals surface area contributed by atoms with E-state index in [0.29, 0.717) is 19.4 Å². The second kappa shape index (κ2) is 10.4. The molecule has 0 spiro atoms. The predicted molar refractivity (Wildman–Crippen MR) is 86.5 cm³/mol. The molecule has 1 aromatic rings. The molecule has 130 valence electrons. The third kappa shape index (κ3) is 9.32. The molecule has 0 aromatic heterocycles. The molecule has 0 saturated heterocycles. The van der Waals surface area contributed by atoms with Crippen molar-refractivity contribution in [2.75, 3.05) is 26.6 Å². The van der Waals surface area contributed by atoms with Crippen LogP contribution in [0.5, 0.6) is 0 Å². The van der Waals surface area contributed by atoms with Gasteiger partial charge in [-0.1, -0.05) is 30.3 Å². The van der Waals surface area contributed by atoms with Crippen LogP contribution >= 0.6 is 0 Å². The lowest BCUT2D eigenvalue weighted by Crippen LogP contribution is -2.28. The normalized spacial score (nSPS) is 12.8. The van der Waals surface area contributed by atoms with Crippen LogP contribution in [0, 0.1) is 0 Å². The predicted octanol–water partition coefficient (Wildman–Crippen LogP) is 1.93. The van der Waals surface area contributed by atoms with Gasteiger partial charge in [0.25, 0.3) is 10.1 Å². The number of ether oxygens (including phenoxy) is 2. The molecule has 0 heterocycles. The molecule has 0 bridgehead atoms. The van der Waals surface area contributed by atoms with Crippen molar-refractivity contribution in [3.05, 3.63) is 35.9 Å². The number of carbonyl (C=O) groups excluding carboxylic acids is 1. The molecule has 0 saturated carbocycles. The Labute approximate surface area is 137 Å². The van der Waals surface area contributed by atoms with Crippen LogP contribution in [-0.2, 0) is 35.0 Å². The summed E-state index contributed by atoms with van der Waals surface area (Å²) < 4.78 is 36.6. The van der Waals surface area contributed by atoms with Crippen LogP contribution in [0.15, 0.2) is 30.3 Å². The van der Waals surface area contributed by atoms with E-state index in [-0.39, 0.29) is 6.61 Å². The van der Waals surface area contributed by atoms with E-state index in [1.54, 1.807) is 0 Å². The van der Waals surface area contributed by atoms with Gasteiger partial charge >= 0.3 is 5.97 Å². The fraction of sp³-hybridized carbons (Fsp3) is 0.562. The van der Waals surface area contributed by atoms with Gasteiger partial charge < -0.3 is 9.47 Å². The molecule has 1 atom stereocenters. The van der Waals surface area contributed by atoms with Crippen molar-refractivity contribution < 1.29 is 26.9 Å². The molecular formula is C16H24O6S. The number of methoxy groups -OCH3 is 1. The largest absolute Gasteiger partial charge is 0.467 e. The molecule has 1 rings (SSSR count). The number of esters is 1. The Bertz CT molecular complexity index is 555. The first-order valence-corrected chi connectivity index (χ1v) is 9.32. The van der Waals surface area contributed by atoms with Crippen LogP contribution in [-0.4, -0.2) is 47.1 Å². The Morgan fingerprint density at radius 2 is 1.74 bits per heavy atom. The lowest BCUT2D eigenvalue weighted by molar-refractivity contribution is -0.154. The van der Waals surface area contributed by atoms with Gasteiger partial charge in [0.05, 0.1) is 20.0 Å². The Morgan fingerprint density at radius 1 is 1.09 bits per heavy atom. The van der Waals surface area contributed by atoms with Crippen molar-refractivity contribution >= 4 is 16.1 Å². The van der Waals surface area contributed by atoms with Crippen LogP contribution < -0.4 is 0 Å². The number of carbonyl (C=O) groups is 1. The summed E-state index contributed by atoms with van der Waals surface area (Å²) in [5.41, 5.74) is 1.00. The zero-order valence-electron chi connectivity index (χ0n) is 13.6. The molecule has 0 aliphatic carbocycles. The molecule has 6 nitrogen and oxygen atoms in total. The SMILES string of the molecule is COC(=O)C(Cc1ccccc1)OCCCCCOS(C)(=O)=O. The van der Waals surface area contributed by atoms with Gasteiger partial charge in [0.2, 0.25) is 0 Å². The molecule has 7 heteroatoms. The molecule has 1 unspecified atom stereocenters. The van der Waals surface area contributed by atoms with Gasteiger partial charge in [-0.05, 0) is 24.8 Å². The molecule has 0 aliphatic heterocycles. The smallest absolute Gasteiger partial charge is 0.335 e.